The van der Waals surface area contributed by atoms with Crippen molar-refractivity contribution < 1.29 is 9.59 Å². The van der Waals surface area contributed by atoms with E-state index in [2.05, 4.69) is 10.6 Å². The van der Waals surface area contributed by atoms with Gasteiger partial charge in [-0.15, -0.1) is 0 Å². The molecule has 2 amide bonds. The highest BCUT2D eigenvalue weighted by atomic mass is 16.2. The molecular weight excluding hydrogens is 314 g/mol. The molecule has 0 radical (unpaired) electrons. The monoisotopic (exact) mass is 339 g/mol. The summed E-state index contributed by atoms with van der Waals surface area (Å²) in [6.07, 6.45) is 0. The SMILES string of the molecule is CC(C)C(=O)Nc1ccc(CNC(=O)c2cccc(N(C)C)c2)cc1. The van der Waals surface area contributed by atoms with Gasteiger partial charge < -0.3 is 15.5 Å². The van der Waals surface area contributed by atoms with Gasteiger partial charge in [0.25, 0.3) is 5.91 Å². The molecule has 0 aromatic heterocycles. The number of nitrogens with zero attached hydrogens (tertiary/aromatic N) is 1. The van der Waals surface area contributed by atoms with Crippen molar-refractivity contribution in [2.45, 2.75) is 20.4 Å². The van der Waals surface area contributed by atoms with Crippen molar-refractivity contribution in [3.8, 4) is 0 Å². The first-order valence-corrected chi connectivity index (χ1v) is 8.32. The molecule has 0 spiro atoms. The van der Waals surface area contributed by atoms with Gasteiger partial charge in [-0.2, -0.15) is 0 Å². The van der Waals surface area contributed by atoms with E-state index < -0.39 is 0 Å². The van der Waals surface area contributed by atoms with E-state index in [-0.39, 0.29) is 17.7 Å². The Labute approximate surface area is 149 Å². The van der Waals surface area contributed by atoms with Crippen LogP contribution in [0.1, 0.15) is 29.8 Å². The molecule has 0 aliphatic rings. The molecule has 5 heteroatoms. The molecule has 5 nitrogen and oxygen atoms in total. The molecule has 0 heterocycles. The maximum Gasteiger partial charge on any atom is 0.251 e. The first kappa shape index (κ1) is 18.5. The molecule has 0 saturated heterocycles. The minimum Gasteiger partial charge on any atom is -0.378 e. The van der Waals surface area contributed by atoms with Gasteiger partial charge in [-0.1, -0.05) is 32.0 Å². The largest absolute Gasteiger partial charge is 0.378 e. The molecule has 132 valence electrons. The number of carbonyl (C=O) groups is 2. The summed E-state index contributed by atoms with van der Waals surface area (Å²) in [6, 6.07) is 15.0. The van der Waals surface area contributed by atoms with Gasteiger partial charge in [0.05, 0.1) is 0 Å². The molecular formula is C20H25N3O2. The van der Waals surface area contributed by atoms with Gasteiger partial charge >= 0.3 is 0 Å². The fraction of sp³-hybridized carbons (Fsp3) is 0.300. The van der Waals surface area contributed by atoms with Crippen LogP contribution in [0.25, 0.3) is 0 Å². The number of anilines is 2. The van der Waals surface area contributed by atoms with Gasteiger partial charge in [-0.25, -0.2) is 0 Å². The van der Waals surface area contributed by atoms with Crippen LogP contribution in [0.2, 0.25) is 0 Å². The first-order valence-electron chi connectivity index (χ1n) is 8.32. The number of benzene rings is 2. The van der Waals surface area contributed by atoms with Gasteiger partial charge in [0, 0.05) is 43.5 Å². The lowest BCUT2D eigenvalue weighted by Gasteiger charge is -2.13. The van der Waals surface area contributed by atoms with Crippen molar-refractivity contribution in [1.29, 1.82) is 0 Å². The van der Waals surface area contributed by atoms with Crippen LogP contribution in [0.3, 0.4) is 0 Å². The minimum atomic E-state index is -0.110. The fourth-order valence-corrected chi connectivity index (χ4v) is 2.20. The van der Waals surface area contributed by atoms with E-state index in [1.54, 1.807) is 6.07 Å². The average Bonchev–Trinajstić information content (AvgIpc) is 2.60. The van der Waals surface area contributed by atoms with E-state index in [0.29, 0.717) is 12.1 Å². The molecule has 0 bridgehead atoms. The first-order chi connectivity index (χ1) is 11.9. The molecule has 0 aliphatic heterocycles. The lowest BCUT2D eigenvalue weighted by atomic mass is 10.1. The van der Waals surface area contributed by atoms with Gasteiger partial charge in [0.1, 0.15) is 0 Å². The zero-order valence-corrected chi connectivity index (χ0v) is 15.2. The predicted octanol–water partition coefficient (Wildman–Crippen LogP) is 3.28. The summed E-state index contributed by atoms with van der Waals surface area (Å²) in [6.45, 7) is 4.14. The molecule has 0 fully saturated rings. The highest BCUT2D eigenvalue weighted by Gasteiger charge is 2.08. The van der Waals surface area contributed by atoms with Gasteiger partial charge in [0.15, 0.2) is 0 Å². The van der Waals surface area contributed by atoms with Crippen LogP contribution in [0.15, 0.2) is 48.5 Å². The Morgan fingerprint density at radius 1 is 1.04 bits per heavy atom. The van der Waals surface area contributed by atoms with E-state index in [4.69, 9.17) is 0 Å². The highest BCUT2D eigenvalue weighted by molar-refractivity contribution is 5.95. The summed E-state index contributed by atoms with van der Waals surface area (Å²) >= 11 is 0. The minimum absolute atomic E-state index is 0.0122. The number of hydrogen-bond acceptors (Lipinski definition) is 3. The Morgan fingerprint density at radius 3 is 2.32 bits per heavy atom. The van der Waals surface area contributed by atoms with Crippen LogP contribution in [-0.2, 0) is 11.3 Å². The van der Waals surface area contributed by atoms with Gasteiger partial charge in [-0.05, 0) is 35.9 Å². The molecule has 0 unspecified atom stereocenters. The topological polar surface area (TPSA) is 61.4 Å². The Bertz CT molecular complexity index is 737. The molecule has 0 aliphatic carbocycles. The fourth-order valence-electron chi connectivity index (χ4n) is 2.20. The van der Waals surface area contributed by atoms with Crippen molar-refractivity contribution in [2.75, 3.05) is 24.3 Å². The highest BCUT2D eigenvalue weighted by Crippen LogP contribution is 2.14. The smallest absolute Gasteiger partial charge is 0.251 e. The van der Waals surface area contributed by atoms with E-state index >= 15 is 0 Å². The zero-order valence-electron chi connectivity index (χ0n) is 15.2. The van der Waals surface area contributed by atoms with Crippen LogP contribution < -0.4 is 15.5 Å². The third-order valence-corrected chi connectivity index (χ3v) is 3.82. The molecule has 2 aromatic rings. The number of hydrogen-bond donors (Lipinski definition) is 2. The Hall–Kier alpha value is -2.82. The van der Waals surface area contributed by atoms with E-state index in [1.165, 1.54) is 0 Å². The van der Waals surface area contributed by atoms with Crippen molar-refractivity contribution >= 4 is 23.2 Å². The zero-order chi connectivity index (χ0) is 18.4. The molecule has 0 atom stereocenters. The van der Waals surface area contributed by atoms with Crippen LogP contribution in [0, 0.1) is 5.92 Å². The van der Waals surface area contributed by atoms with Crippen molar-refractivity contribution in [2.24, 2.45) is 5.92 Å². The van der Waals surface area contributed by atoms with Crippen molar-refractivity contribution in [1.82, 2.24) is 5.32 Å². The maximum absolute atomic E-state index is 12.3. The normalized spacial score (nSPS) is 10.4. The van der Waals surface area contributed by atoms with E-state index in [1.807, 2.05) is 75.3 Å². The predicted molar refractivity (Wildman–Crippen MR) is 102 cm³/mol. The van der Waals surface area contributed by atoms with Gasteiger partial charge in [0.2, 0.25) is 5.91 Å². The Morgan fingerprint density at radius 2 is 1.72 bits per heavy atom. The average molecular weight is 339 g/mol. The summed E-state index contributed by atoms with van der Waals surface area (Å²) in [5, 5.41) is 5.76. The van der Waals surface area contributed by atoms with Crippen LogP contribution in [0.4, 0.5) is 11.4 Å². The van der Waals surface area contributed by atoms with E-state index in [9.17, 15) is 9.59 Å². The third-order valence-electron chi connectivity index (χ3n) is 3.82. The summed E-state index contributed by atoms with van der Waals surface area (Å²) in [7, 11) is 3.88. The van der Waals surface area contributed by atoms with Crippen LogP contribution in [-0.4, -0.2) is 25.9 Å². The molecule has 2 aromatic carbocycles. The number of carbonyl (C=O) groups excluding carboxylic acids is 2. The number of rotatable bonds is 6. The summed E-state index contributed by atoms with van der Waals surface area (Å²) in [4.78, 5) is 25.9. The molecule has 25 heavy (non-hydrogen) atoms. The second-order valence-electron chi connectivity index (χ2n) is 6.47. The standard InChI is InChI=1S/C20H25N3O2/c1-14(2)19(24)22-17-10-8-15(9-11-17)13-21-20(25)16-6-5-7-18(12-16)23(3)4/h5-12,14H,13H2,1-4H3,(H,21,25)(H,22,24). The quantitative estimate of drug-likeness (QED) is 0.849. The Balaban J connectivity index is 1.93. The third kappa shape index (κ3) is 5.35. The summed E-state index contributed by atoms with van der Waals surface area (Å²) < 4.78 is 0. The lowest BCUT2D eigenvalue weighted by molar-refractivity contribution is -0.118. The van der Waals surface area contributed by atoms with E-state index in [0.717, 1.165) is 16.9 Å². The van der Waals surface area contributed by atoms with Crippen LogP contribution >= 0.6 is 0 Å². The Kier molecular flexibility index (Phi) is 6.17. The summed E-state index contributed by atoms with van der Waals surface area (Å²) in [5.74, 6) is -0.181. The molecule has 2 N–H and O–H groups in total. The van der Waals surface area contributed by atoms with Crippen LogP contribution in [0.5, 0.6) is 0 Å². The number of amides is 2. The molecule has 0 saturated carbocycles. The van der Waals surface area contributed by atoms with Gasteiger partial charge in [-0.3, -0.25) is 9.59 Å². The summed E-state index contributed by atoms with van der Waals surface area (Å²) in [5.41, 5.74) is 3.34. The second kappa shape index (κ2) is 8.33. The lowest BCUT2D eigenvalue weighted by Crippen LogP contribution is -2.23. The maximum atomic E-state index is 12.3. The number of nitrogens with one attached hydrogen (secondary N) is 2. The van der Waals surface area contributed by atoms with Crippen molar-refractivity contribution in [3.63, 3.8) is 0 Å². The van der Waals surface area contributed by atoms with Crippen molar-refractivity contribution in [3.05, 3.63) is 59.7 Å². The second-order valence-corrected chi connectivity index (χ2v) is 6.47. The molecule has 2 rings (SSSR count).